The topological polar surface area (TPSA) is 105 Å². The minimum Gasteiger partial charge on any atom is -0.497 e. The first-order chi connectivity index (χ1) is 12.5. The number of hydrogen-bond donors (Lipinski definition) is 0. The second-order valence-corrected chi connectivity index (χ2v) is 5.65. The maximum absolute atomic E-state index is 12.4. The fraction of sp³-hybridized carbons (Fsp3) is 0.222. The van der Waals surface area contributed by atoms with Crippen LogP contribution in [0.5, 0.6) is 11.5 Å². The largest absolute Gasteiger partial charge is 0.497 e. The molecule has 2 aromatic carbocycles. The molecular weight excluding hydrogens is 342 g/mol. The molecule has 0 radical (unpaired) electrons. The van der Waals surface area contributed by atoms with Crippen LogP contribution in [0.1, 0.15) is 17.0 Å². The smallest absolute Gasteiger partial charge is 0.326 e. The lowest BCUT2D eigenvalue weighted by molar-refractivity contribution is -0.384. The summed E-state index contributed by atoms with van der Waals surface area (Å²) in [6.45, 7) is 0. The van der Waals surface area contributed by atoms with Crippen molar-refractivity contribution in [2.75, 3.05) is 14.2 Å². The number of hydrogen-bond acceptors (Lipinski definition) is 7. The standard InChI is InChI=1S/C18H15NO7/c1-24-12-7-8-13-14(9-12)26-18(21)16(17(20)25-2)15(13)10-3-5-11(6-4-10)19(22)23/h3-9,15-16H,1-2H3. The molecule has 2 unspecified atom stereocenters. The van der Waals surface area contributed by atoms with Crippen molar-refractivity contribution in [3.05, 3.63) is 63.7 Å². The number of ether oxygens (including phenoxy) is 3. The average Bonchev–Trinajstić information content (AvgIpc) is 2.65. The molecule has 134 valence electrons. The van der Waals surface area contributed by atoms with Gasteiger partial charge in [-0.2, -0.15) is 0 Å². The van der Waals surface area contributed by atoms with Crippen molar-refractivity contribution >= 4 is 17.6 Å². The van der Waals surface area contributed by atoms with E-state index in [-0.39, 0.29) is 11.4 Å². The second kappa shape index (κ2) is 6.83. The molecule has 8 nitrogen and oxygen atoms in total. The Hall–Kier alpha value is -3.42. The summed E-state index contributed by atoms with van der Waals surface area (Å²) in [7, 11) is 2.67. The van der Waals surface area contributed by atoms with Crippen LogP contribution in [0.4, 0.5) is 5.69 Å². The van der Waals surface area contributed by atoms with Crippen molar-refractivity contribution in [2.24, 2.45) is 5.92 Å². The van der Waals surface area contributed by atoms with E-state index in [1.54, 1.807) is 18.2 Å². The number of carbonyl (C=O) groups excluding carboxylic acids is 2. The highest BCUT2D eigenvalue weighted by Gasteiger charge is 2.44. The van der Waals surface area contributed by atoms with Gasteiger partial charge in [0.1, 0.15) is 11.5 Å². The van der Waals surface area contributed by atoms with Crippen LogP contribution in [0.25, 0.3) is 0 Å². The fourth-order valence-corrected chi connectivity index (χ4v) is 3.01. The van der Waals surface area contributed by atoms with E-state index in [0.29, 0.717) is 16.9 Å². The fourth-order valence-electron chi connectivity index (χ4n) is 3.01. The summed E-state index contributed by atoms with van der Waals surface area (Å²) >= 11 is 0. The highest BCUT2D eigenvalue weighted by molar-refractivity contribution is 5.99. The van der Waals surface area contributed by atoms with Gasteiger partial charge in [-0.15, -0.1) is 0 Å². The Morgan fingerprint density at radius 2 is 1.85 bits per heavy atom. The Bertz CT molecular complexity index is 876. The van der Waals surface area contributed by atoms with Gasteiger partial charge in [0, 0.05) is 29.7 Å². The molecule has 0 spiro atoms. The van der Waals surface area contributed by atoms with Crippen molar-refractivity contribution in [3.8, 4) is 11.5 Å². The zero-order valence-corrected chi connectivity index (χ0v) is 14.0. The summed E-state index contributed by atoms with van der Waals surface area (Å²) in [4.78, 5) is 35.0. The number of nitro groups is 1. The molecule has 0 bridgehead atoms. The van der Waals surface area contributed by atoms with E-state index in [2.05, 4.69) is 0 Å². The van der Waals surface area contributed by atoms with Gasteiger partial charge in [-0.1, -0.05) is 18.2 Å². The minimum absolute atomic E-state index is 0.0864. The number of rotatable bonds is 4. The van der Waals surface area contributed by atoms with Crippen LogP contribution in [0.2, 0.25) is 0 Å². The summed E-state index contributed by atoms with van der Waals surface area (Å²) in [6, 6.07) is 10.6. The van der Waals surface area contributed by atoms with Crippen molar-refractivity contribution in [1.82, 2.24) is 0 Å². The molecule has 0 saturated carbocycles. The summed E-state index contributed by atoms with van der Waals surface area (Å²) in [6.07, 6.45) is 0. The molecule has 0 amide bonds. The maximum atomic E-state index is 12.4. The van der Waals surface area contributed by atoms with E-state index >= 15 is 0 Å². The lowest BCUT2D eigenvalue weighted by Gasteiger charge is -2.30. The van der Waals surface area contributed by atoms with Crippen molar-refractivity contribution in [3.63, 3.8) is 0 Å². The number of carbonyl (C=O) groups is 2. The lowest BCUT2D eigenvalue weighted by Crippen LogP contribution is -2.38. The molecule has 0 N–H and O–H groups in total. The molecule has 0 saturated heterocycles. The first-order valence-electron chi connectivity index (χ1n) is 7.68. The predicted octanol–water partition coefficient (Wildman–Crippen LogP) is 2.44. The normalized spacial score (nSPS) is 18.5. The maximum Gasteiger partial charge on any atom is 0.326 e. The highest BCUT2D eigenvalue weighted by Crippen LogP contribution is 2.44. The van der Waals surface area contributed by atoms with E-state index in [1.807, 2.05) is 0 Å². The third kappa shape index (κ3) is 2.97. The lowest BCUT2D eigenvalue weighted by atomic mass is 9.78. The summed E-state index contributed by atoms with van der Waals surface area (Å²) < 4.78 is 15.2. The molecule has 26 heavy (non-hydrogen) atoms. The Morgan fingerprint density at radius 3 is 2.42 bits per heavy atom. The molecule has 2 aromatic rings. The van der Waals surface area contributed by atoms with Crippen LogP contribution < -0.4 is 9.47 Å². The predicted molar refractivity (Wildman–Crippen MR) is 89.1 cm³/mol. The molecule has 1 aliphatic heterocycles. The van der Waals surface area contributed by atoms with Crippen LogP contribution in [0.3, 0.4) is 0 Å². The Labute approximate surface area is 148 Å². The number of fused-ring (bicyclic) bond motifs is 1. The third-order valence-electron chi connectivity index (χ3n) is 4.27. The van der Waals surface area contributed by atoms with Gasteiger partial charge >= 0.3 is 11.9 Å². The van der Waals surface area contributed by atoms with Crippen LogP contribution in [0, 0.1) is 16.0 Å². The van der Waals surface area contributed by atoms with Crippen LogP contribution in [-0.2, 0) is 14.3 Å². The summed E-state index contributed by atoms with van der Waals surface area (Å²) in [5.74, 6) is -2.61. The second-order valence-electron chi connectivity index (χ2n) is 5.65. The van der Waals surface area contributed by atoms with Gasteiger partial charge in [-0.05, 0) is 11.6 Å². The molecule has 0 aliphatic carbocycles. The van der Waals surface area contributed by atoms with Gasteiger partial charge in [-0.25, -0.2) is 0 Å². The van der Waals surface area contributed by atoms with Gasteiger partial charge in [0.15, 0.2) is 5.92 Å². The monoisotopic (exact) mass is 357 g/mol. The first kappa shape index (κ1) is 17.4. The number of benzene rings is 2. The summed E-state index contributed by atoms with van der Waals surface area (Å²) in [5.41, 5.74) is 1.07. The van der Waals surface area contributed by atoms with Crippen LogP contribution in [-0.4, -0.2) is 31.1 Å². The zero-order chi connectivity index (χ0) is 18.8. The molecule has 2 atom stereocenters. The zero-order valence-electron chi connectivity index (χ0n) is 14.0. The number of esters is 2. The van der Waals surface area contributed by atoms with Gasteiger partial charge < -0.3 is 14.2 Å². The summed E-state index contributed by atoms with van der Waals surface area (Å²) in [5, 5.41) is 10.9. The molecule has 0 fully saturated rings. The van der Waals surface area contributed by atoms with Crippen molar-refractivity contribution in [2.45, 2.75) is 5.92 Å². The Morgan fingerprint density at radius 1 is 1.15 bits per heavy atom. The molecule has 1 heterocycles. The average molecular weight is 357 g/mol. The third-order valence-corrected chi connectivity index (χ3v) is 4.27. The number of nitrogens with zero attached hydrogens (tertiary/aromatic N) is 1. The minimum atomic E-state index is -1.21. The Balaban J connectivity index is 2.14. The van der Waals surface area contributed by atoms with Gasteiger partial charge in [-0.3, -0.25) is 19.7 Å². The van der Waals surface area contributed by atoms with Gasteiger partial charge in [0.05, 0.1) is 19.1 Å². The number of methoxy groups -OCH3 is 2. The molecule has 1 aliphatic rings. The van der Waals surface area contributed by atoms with E-state index < -0.39 is 28.7 Å². The van der Waals surface area contributed by atoms with E-state index in [4.69, 9.17) is 14.2 Å². The molecule has 3 rings (SSSR count). The van der Waals surface area contributed by atoms with Gasteiger partial charge in [0.25, 0.3) is 5.69 Å². The molecular formula is C18H15NO7. The SMILES string of the molecule is COC(=O)C1C(=O)Oc2cc(OC)ccc2C1c1ccc([N+](=O)[O-])cc1. The van der Waals surface area contributed by atoms with Crippen LogP contribution >= 0.6 is 0 Å². The van der Waals surface area contributed by atoms with Crippen molar-refractivity contribution in [1.29, 1.82) is 0 Å². The molecule has 8 heteroatoms. The Kier molecular flexibility index (Phi) is 4.57. The van der Waals surface area contributed by atoms with Crippen LogP contribution in [0.15, 0.2) is 42.5 Å². The van der Waals surface area contributed by atoms with E-state index in [0.717, 1.165) is 0 Å². The number of non-ortho nitro benzene ring substituents is 1. The van der Waals surface area contributed by atoms with Gasteiger partial charge in [0.2, 0.25) is 0 Å². The first-order valence-corrected chi connectivity index (χ1v) is 7.68. The van der Waals surface area contributed by atoms with E-state index in [1.165, 1.54) is 38.5 Å². The van der Waals surface area contributed by atoms with Crippen molar-refractivity contribution < 1.29 is 28.7 Å². The molecule has 0 aromatic heterocycles. The quantitative estimate of drug-likeness (QED) is 0.272. The van der Waals surface area contributed by atoms with E-state index in [9.17, 15) is 19.7 Å². The highest BCUT2D eigenvalue weighted by atomic mass is 16.6. The number of nitro benzene ring substituents is 1.